The van der Waals surface area contributed by atoms with Crippen molar-refractivity contribution in [3.8, 4) is 0 Å². The fraction of sp³-hybridized carbons (Fsp3) is 0.375. The summed E-state index contributed by atoms with van der Waals surface area (Å²) >= 11 is 0. The molecule has 0 amide bonds. The van der Waals surface area contributed by atoms with Gasteiger partial charge >= 0.3 is 0 Å². The van der Waals surface area contributed by atoms with E-state index in [2.05, 4.69) is 4.98 Å². The summed E-state index contributed by atoms with van der Waals surface area (Å²) < 4.78 is 0. The van der Waals surface area contributed by atoms with Crippen LogP contribution in [0.2, 0.25) is 0 Å². The minimum absolute atomic E-state index is 0.668. The molecular formula is C8H8BN. The summed E-state index contributed by atoms with van der Waals surface area (Å²) in [6.07, 6.45) is 4.34. The van der Waals surface area contributed by atoms with Crippen LogP contribution in [0.1, 0.15) is 24.5 Å². The monoisotopic (exact) mass is 129 g/mol. The summed E-state index contributed by atoms with van der Waals surface area (Å²) in [4.78, 5) is 4.22. The molecule has 1 aromatic rings. The standard InChI is InChI=1S/C8H8BN/c9-7-2-1-5-10-8(7)6-3-4-6/h1-2,5-6H,3-4H2. The average molecular weight is 129 g/mol. The highest BCUT2D eigenvalue weighted by atomic mass is 14.7. The Morgan fingerprint density at radius 2 is 2.30 bits per heavy atom. The Hall–Kier alpha value is -0.785. The molecule has 1 aliphatic carbocycles. The Morgan fingerprint density at radius 3 is 2.90 bits per heavy atom. The zero-order valence-electron chi connectivity index (χ0n) is 5.75. The SMILES string of the molecule is [B]c1cccnc1C1CC1. The molecule has 0 N–H and O–H groups in total. The van der Waals surface area contributed by atoms with E-state index < -0.39 is 0 Å². The summed E-state index contributed by atoms with van der Waals surface area (Å²) in [5, 5.41) is 0. The maximum absolute atomic E-state index is 5.70. The fourth-order valence-corrected chi connectivity index (χ4v) is 1.13. The van der Waals surface area contributed by atoms with E-state index in [0.29, 0.717) is 5.92 Å². The molecule has 0 spiro atoms. The van der Waals surface area contributed by atoms with Gasteiger partial charge in [-0.1, -0.05) is 11.5 Å². The zero-order chi connectivity index (χ0) is 6.97. The van der Waals surface area contributed by atoms with Crippen molar-refractivity contribution in [3.05, 3.63) is 24.0 Å². The molecule has 0 atom stereocenters. The molecule has 2 heteroatoms. The highest BCUT2D eigenvalue weighted by Gasteiger charge is 2.25. The van der Waals surface area contributed by atoms with E-state index >= 15 is 0 Å². The lowest BCUT2D eigenvalue weighted by Crippen LogP contribution is -2.10. The summed E-state index contributed by atoms with van der Waals surface area (Å²) in [6.45, 7) is 0. The largest absolute Gasteiger partial charge is 0.262 e. The van der Waals surface area contributed by atoms with E-state index in [1.807, 2.05) is 18.3 Å². The first-order valence-corrected chi connectivity index (χ1v) is 3.58. The lowest BCUT2D eigenvalue weighted by atomic mass is 9.92. The van der Waals surface area contributed by atoms with Gasteiger partial charge in [0, 0.05) is 17.8 Å². The Bertz CT molecular complexity index is 243. The van der Waals surface area contributed by atoms with Crippen LogP contribution in [-0.4, -0.2) is 12.8 Å². The second-order valence-electron chi connectivity index (χ2n) is 2.75. The lowest BCUT2D eigenvalue weighted by molar-refractivity contribution is 1.04. The molecule has 1 heterocycles. The number of nitrogens with zero attached hydrogens (tertiary/aromatic N) is 1. The third kappa shape index (κ3) is 0.940. The van der Waals surface area contributed by atoms with Crippen LogP contribution in [0.3, 0.4) is 0 Å². The second kappa shape index (κ2) is 2.12. The van der Waals surface area contributed by atoms with Gasteiger partial charge in [-0.25, -0.2) is 0 Å². The molecule has 2 radical (unpaired) electrons. The predicted octanol–water partition coefficient (Wildman–Crippen LogP) is 0.753. The molecule has 1 aliphatic rings. The molecule has 0 unspecified atom stereocenters. The number of pyridine rings is 1. The number of rotatable bonds is 1. The van der Waals surface area contributed by atoms with Crippen molar-refractivity contribution in [1.82, 2.24) is 4.98 Å². The van der Waals surface area contributed by atoms with E-state index in [9.17, 15) is 0 Å². The molecular weight excluding hydrogens is 121 g/mol. The van der Waals surface area contributed by atoms with Crippen molar-refractivity contribution in [3.63, 3.8) is 0 Å². The van der Waals surface area contributed by atoms with Gasteiger partial charge in [0.1, 0.15) is 7.85 Å². The van der Waals surface area contributed by atoms with E-state index in [1.54, 1.807) is 0 Å². The van der Waals surface area contributed by atoms with E-state index in [1.165, 1.54) is 12.8 Å². The molecule has 10 heavy (non-hydrogen) atoms. The van der Waals surface area contributed by atoms with Crippen LogP contribution in [0.15, 0.2) is 18.3 Å². The minimum atomic E-state index is 0.668. The van der Waals surface area contributed by atoms with Crippen molar-refractivity contribution in [2.45, 2.75) is 18.8 Å². The summed E-state index contributed by atoms with van der Waals surface area (Å²) in [5.74, 6) is 0.668. The topological polar surface area (TPSA) is 12.9 Å². The Balaban J connectivity index is 2.39. The quantitative estimate of drug-likeness (QED) is 0.510. The summed E-state index contributed by atoms with van der Waals surface area (Å²) in [7, 11) is 5.70. The van der Waals surface area contributed by atoms with Crippen molar-refractivity contribution in [2.75, 3.05) is 0 Å². The van der Waals surface area contributed by atoms with Crippen molar-refractivity contribution < 1.29 is 0 Å². The third-order valence-corrected chi connectivity index (χ3v) is 1.84. The average Bonchev–Trinajstić information content (AvgIpc) is 2.71. The van der Waals surface area contributed by atoms with Crippen molar-refractivity contribution >= 4 is 13.3 Å². The first kappa shape index (κ1) is 5.96. The Morgan fingerprint density at radius 1 is 1.50 bits per heavy atom. The van der Waals surface area contributed by atoms with Gasteiger partial charge in [-0.2, -0.15) is 0 Å². The lowest BCUT2D eigenvalue weighted by Gasteiger charge is -1.99. The smallest absolute Gasteiger partial charge is 0.116 e. The van der Waals surface area contributed by atoms with Gasteiger partial charge < -0.3 is 0 Å². The molecule has 1 fully saturated rings. The van der Waals surface area contributed by atoms with Crippen LogP contribution in [0.4, 0.5) is 0 Å². The normalized spacial score (nSPS) is 17.2. The van der Waals surface area contributed by atoms with Crippen molar-refractivity contribution in [1.29, 1.82) is 0 Å². The van der Waals surface area contributed by atoms with E-state index in [4.69, 9.17) is 7.85 Å². The summed E-state index contributed by atoms with van der Waals surface area (Å²) in [5.41, 5.74) is 1.95. The maximum atomic E-state index is 5.70. The van der Waals surface area contributed by atoms with Gasteiger partial charge in [-0.3, -0.25) is 4.98 Å². The Kier molecular flexibility index (Phi) is 1.26. The van der Waals surface area contributed by atoms with Crippen LogP contribution >= 0.6 is 0 Å². The van der Waals surface area contributed by atoms with Gasteiger partial charge in [0.25, 0.3) is 0 Å². The van der Waals surface area contributed by atoms with E-state index in [0.717, 1.165) is 11.2 Å². The highest BCUT2D eigenvalue weighted by molar-refractivity contribution is 6.33. The zero-order valence-corrected chi connectivity index (χ0v) is 5.75. The predicted molar refractivity (Wildman–Crippen MR) is 41.6 cm³/mol. The molecule has 48 valence electrons. The fourth-order valence-electron chi connectivity index (χ4n) is 1.13. The third-order valence-electron chi connectivity index (χ3n) is 1.84. The van der Waals surface area contributed by atoms with Crippen LogP contribution in [0.5, 0.6) is 0 Å². The first-order valence-electron chi connectivity index (χ1n) is 3.58. The summed E-state index contributed by atoms with van der Waals surface area (Å²) in [6, 6.07) is 3.79. The molecule has 0 aromatic carbocycles. The second-order valence-corrected chi connectivity index (χ2v) is 2.75. The van der Waals surface area contributed by atoms with Gasteiger partial charge in [0.05, 0.1) is 0 Å². The van der Waals surface area contributed by atoms with Gasteiger partial charge in [-0.05, 0) is 18.9 Å². The minimum Gasteiger partial charge on any atom is -0.262 e. The molecule has 1 aromatic heterocycles. The van der Waals surface area contributed by atoms with Crippen LogP contribution < -0.4 is 5.46 Å². The number of hydrogen-bond acceptors (Lipinski definition) is 1. The molecule has 1 saturated carbocycles. The highest BCUT2D eigenvalue weighted by Crippen LogP contribution is 2.37. The molecule has 0 bridgehead atoms. The molecule has 0 saturated heterocycles. The van der Waals surface area contributed by atoms with Gasteiger partial charge in [0.2, 0.25) is 0 Å². The molecule has 0 aliphatic heterocycles. The van der Waals surface area contributed by atoms with Crippen LogP contribution in [0.25, 0.3) is 0 Å². The van der Waals surface area contributed by atoms with Crippen molar-refractivity contribution in [2.24, 2.45) is 0 Å². The number of hydrogen-bond donors (Lipinski definition) is 0. The number of aromatic nitrogens is 1. The molecule has 1 nitrogen and oxygen atoms in total. The van der Waals surface area contributed by atoms with Crippen LogP contribution in [0, 0.1) is 0 Å². The van der Waals surface area contributed by atoms with Gasteiger partial charge in [-0.15, -0.1) is 0 Å². The maximum Gasteiger partial charge on any atom is 0.116 e. The van der Waals surface area contributed by atoms with E-state index in [-0.39, 0.29) is 0 Å². The first-order chi connectivity index (χ1) is 4.88. The van der Waals surface area contributed by atoms with Gasteiger partial charge in [0.15, 0.2) is 0 Å². The van der Waals surface area contributed by atoms with Crippen LogP contribution in [-0.2, 0) is 0 Å². The Labute approximate surface area is 61.9 Å². The molecule has 2 rings (SSSR count).